The molecule has 0 aromatic heterocycles. The van der Waals surface area contributed by atoms with Crippen LogP contribution < -0.4 is 30.2 Å². The quantitative estimate of drug-likeness (QED) is 0.402. The number of methoxy groups -OCH3 is 3. The first-order valence-electron chi connectivity index (χ1n) is 9.74. The zero-order valence-electron chi connectivity index (χ0n) is 18.0. The van der Waals surface area contributed by atoms with E-state index in [-0.39, 0.29) is 16.6 Å². The van der Waals surface area contributed by atoms with E-state index in [1.807, 2.05) is 0 Å². The first-order chi connectivity index (χ1) is 14.9. The molecule has 0 radical (unpaired) electrons. The maximum Gasteiger partial charge on any atom is 0.257 e. The summed E-state index contributed by atoms with van der Waals surface area (Å²) in [6.45, 7) is 2.68. The van der Waals surface area contributed by atoms with Gasteiger partial charge in [0, 0.05) is 23.4 Å². The lowest BCUT2D eigenvalue weighted by molar-refractivity contribution is 0.0950. The van der Waals surface area contributed by atoms with Gasteiger partial charge in [-0.3, -0.25) is 14.9 Å². The minimum absolute atomic E-state index is 0.0855. The molecule has 0 saturated carbocycles. The number of anilines is 1. The molecule has 0 heterocycles. The van der Waals surface area contributed by atoms with Gasteiger partial charge in [-0.25, -0.2) is 0 Å². The molecule has 2 aromatic rings. The van der Waals surface area contributed by atoms with Gasteiger partial charge in [0.2, 0.25) is 5.75 Å². The van der Waals surface area contributed by atoms with Crippen LogP contribution in [0, 0.1) is 0 Å². The van der Waals surface area contributed by atoms with Gasteiger partial charge in [-0.05, 0) is 49.0 Å². The van der Waals surface area contributed by atoms with Crippen molar-refractivity contribution in [3.8, 4) is 17.2 Å². The molecule has 0 aliphatic rings. The van der Waals surface area contributed by atoms with Gasteiger partial charge in [-0.2, -0.15) is 0 Å². The molecule has 0 unspecified atom stereocenters. The van der Waals surface area contributed by atoms with Crippen LogP contribution in [0.5, 0.6) is 17.2 Å². The highest BCUT2D eigenvalue weighted by atomic mass is 32.1. The third kappa shape index (κ3) is 6.58. The highest BCUT2D eigenvalue weighted by molar-refractivity contribution is 7.80. The molecule has 2 amide bonds. The van der Waals surface area contributed by atoms with E-state index in [0.29, 0.717) is 35.0 Å². The fourth-order valence-electron chi connectivity index (χ4n) is 2.77. The average molecular weight is 446 g/mol. The molecule has 31 heavy (non-hydrogen) atoms. The van der Waals surface area contributed by atoms with E-state index in [1.165, 1.54) is 33.5 Å². The van der Waals surface area contributed by atoms with E-state index in [4.69, 9.17) is 26.4 Å². The third-order valence-corrected chi connectivity index (χ3v) is 4.56. The highest BCUT2D eigenvalue weighted by Gasteiger charge is 2.18. The normalized spacial score (nSPS) is 10.1. The molecular weight excluding hydrogens is 418 g/mol. The minimum atomic E-state index is -0.454. The van der Waals surface area contributed by atoms with Gasteiger partial charge < -0.3 is 24.8 Å². The standard InChI is InChI=1S/C22H27N3O5S/c1-5-6-10-23-20(26)14-8-7-9-16(11-14)24-22(31)25-21(27)15-12-17(28-2)19(30-4)18(13-15)29-3/h7-9,11-13H,5-6,10H2,1-4H3,(H,23,26)(H2,24,25,27,31). The van der Waals surface area contributed by atoms with Crippen molar-refractivity contribution in [2.24, 2.45) is 0 Å². The third-order valence-electron chi connectivity index (χ3n) is 4.35. The van der Waals surface area contributed by atoms with Crippen molar-refractivity contribution in [1.82, 2.24) is 10.6 Å². The molecule has 0 atom stereocenters. The second-order valence-electron chi connectivity index (χ2n) is 6.51. The molecule has 8 nitrogen and oxygen atoms in total. The number of carbonyl (C=O) groups is 2. The zero-order chi connectivity index (χ0) is 22.8. The SMILES string of the molecule is CCCCNC(=O)c1cccc(NC(=S)NC(=O)c2cc(OC)c(OC)c(OC)c2)c1. The molecule has 2 rings (SSSR count). The summed E-state index contributed by atoms with van der Waals surface area (Å²) in [7, 11) is 4.42. The lowest BCUT2D eigenvalue weighted by atomic mass is 10.1. The van der Waals surface area contributed by atoms with E-state index < -0.39 is 5.91 Å². The van der Waals surface area contributed by atoms with Crippen LogP contribution in [0.2, 0.25) is 0 Å². The summed E-state index contributed by atoms with van der Waals surface area (Å²) in [5, 5.41) is 8.47. The zero-order valence-corrected chi connectivity index (χ0v) is 18.9. The van der Waals surface area contributed by atoms with E-state index in [2.05, 4.69) is 22.9 Å². The van der Waals surface area contributed by atoms with Crippen molar-refractivity contribution in [3.63, 3.8) is 0 Å². The number of unbranched alkanes of at least 4 members (excludes halogenated alkanes) is 1. The van der Waals surface area contributed by atoms with Crippen molar-refractivity contribution in [2.45, 2.75) is 19.8 Å². The predicted octanol–water partition coefficient (Wildman–Crippen LogP) is 3.37. The van der Waals surface area contributed by atoms with Crippen LogP contribution >= 0.6 is 12.2 Å². The van der Waals surface area contributed by atoms with Crippen LogP contribution in [0.1, 0.15) is 40.5 Å². The molecule has 0 saturated heterocycles. The van der Waals surface area contributed by atoms with Crippen LogP contribution in [0.4, 0.5) is 5.69 Å². The Balaban J connectivity index is 2.07. The molecule has 0 aliphatic heterocycles. The number of nitrogens with one attached hydrogen (secondary N) is 3. The number of benzene rings is 2. The molecule has 9 heteroatoms. The van der Waals surface area contributed by atoms with Gasteiger partial charge in [0.1, 0.15) is 0 Å². The van der Waals surface area contributed by atoms with Crippen molar-refractivity contribution in [1.29, 1.82) is 0 Å². The van der Waals surface area contributed by atoms with Gasteiger partial charge in [-0.15, -0.1) is 0 Å². The van der Waals surface area contributed by atoms with Crippen LogP contribution in [-0.2, 0) is 0 Å². The van der Waals surface area contributed by atoms with Crippen LogP contribution in [0.15, 0.2) is 36.4 Å². The second-order valence-corrected chi connectivity index (χ2v) is 6.92. The number of carbonyl (C=O) groups excluding carboxylic acids is 2. The van der Waals surface area contributed by atoms with E-state index in [1.54, 1.807) is 24.3 Å². The smallest absolute Gasteiger partial charge is 0.257 e. The number of amides is 2. The molecule has 0 bridgehead atoms. The van der Waals surface area contributed by atoms with Gasteiger partial charge in [0.15, 0.2) is 16.6 Å². The highest BCUT2D eigenvalue weighted by Crippen LogP contribution is 2.38. The maximum absolute atomic E-state index is 12.6. The van der Waals surface area contributed by atoms with Crippen LogP contribution in [-0.4, -0.2) is 44.8 Å². The summed E-state index contributed by atoms with van der Waals surface area (Å²) in [6, 6.07) is 9.92. The van der Waals surface area contributed by atoms with Gasteiger partial charge >= 0.3 is 0 Å². The fraction of sp³-hybridized carbons (Fsp3) is 0.318. The van der Waals surface area contributed by atoms with Crippen molar-refractivity contribution in [2.75, 3.05) is 33.2 Å². The van der Waals surface area contributed by atoms with Crippen LogP contribution in [0.3, 0.4) is 0 Å². The monoisotopic (exact) mass is 445 g/mol. The number of hydrogen-bond donors (Lipinski definition) is 3. The number of hydrogen-bond acceptors (Lipinski definition) is 6. The summed E-state index contributed by atoms with van der Waals surface area (Å²) in [5.41, 5.74) is 1.36. The molecule has 166 valence electrons. The second kappa shape index (κ2) is 11.8. The Morgan fingerprint density at radius 2 is 1.61 bits per heavy atom. The summed E-state index contributed by atoms with van der Waals surface area (Å²) in [4.78, 5) is 24.9. The van der Waals surface area contributed by atoms with E-state index in [0.717, 1.165) is 12.8 Å². The maximum atomic E-state index is 12.6. The Morgan fingerprint density at radius 3 is 2.19 bits per heavy atom. The van der Waals surface area contributed by atoms with Crippen LogP contribution in [0.25, 0.3) is 0 Å². The molecule has 2 aromatic carbocycles. The van der Waals surface area contributed by atoms with Crippen molar-refractivity contribution < 1.29 is 23.8 Å². The Kier molecular flexibility index (Phi) is 9.08. The molecule has 0 aliphatic carbocycles. The lowest BCUT2D eigenvalue weighted by Gasteiger charge is -2.15. The van der Waals surface area contributed by atoms with E-state index >= 15 is 0 Å². The summed E-state index contributed by atoms with van der Waals surface area (Å²) in [6.07, 6.45) is 1.92. The predicted molar refractivity (Wildman–Crippen MR) is 123 cm³/mol. The van der Waals surface area contributed by atoms with E-state index in [9.17, 15) is 9.59 Å². The van der Waals surface area contributed by atoms with Gasteiger partial charge in [0.25, 0.3) is 11.8 Å². The molecule has 0 fully saturated rings. The summed E-state index contributed by atoms with van der Waals surface area (Å²) < 4.78 is 15.8. The first kappa shape index (κ1) is 23.9. The molecular formula is C22H27N3O5S. The van der Waals surface area contributed by atoms with Gasteiger partial charge in [-0.1, -0.05) is 19.4 Å². The molecule has 0 spiro atoms. The first-order valence-corrected chi connectivity index (χ1v) is 10.1. The van der Waals surface area contributed by atoms with Gasteiger partial charge in [0.05, 0.1) is 21.3 Å². The Morgan fingerprint density at radius 1 is 0.935 bits per heavy atom. The lowest BCUT2D eigenvalue weighted by Crippen LogP contribution is -2.34. The summed E-state index contributed by atoms with van der Waals surface area (Å²) >= 11 is 5.25. The Hall–Kier alpha value is -3.33. The topological polar surface area (TPSA) is 97.9 Å². The van der Waals surface area contributed by atoms with Crippen molar-refractivity contribution >= 4 is 34.8 Å². The average Bonchev–Trinajstić information content (AvgIpc) is 2.78. The number of thiocarbonyl (C=S) groups is 1. The minimum Gasteiger partial charge on any atom is -0.493 e. The Labute approximate surface area is 187 Å². The van der Waals surface area contributed by atoms with Crippen molar-refractivity contribution in [3.05, 3.63) is 47.5 Å². The molecule has 3 N–H and O–H groups in total. The summed E-state index contributed by atoms with van der Waals surface area (Å²) in [5.74, 6) is 0.478. The largest absolute Gasteiger partial charge is 0.493 e. The Bertz CT molecular complexity index is 923. The fourth-order valence-corrected chi connectivity index (χ4v) is 2.98. The number of ether oxygens (including phenoxy) is 3. The number of rotatable bonds is 9.